The average Bonchev–Trinajstić information content (AvgIpc) is 2.12. The Morgan fingerprint density at radius 1 is 1.64 bits per heavy atom. The summed E-state index contributed by atoms with van der Waals surface area (Å²) < 4.78 is 0.743. The number of aliphatic carboxylic acids is 1. The van der Waals surface area contributed by atoms with E-state index >= 15 is 0 Å². The van der Waals surface area contributed by atoms with Crippen molar-refractivity contribution in [1.82, 2.24) is 0 Å². The zero-order chi connectivity index (χ0) is 10.7. The summed E-state index contributed by atoms with van der Waals surface area (Å²) in [5, 5.41) is 17.5. The Kier molecular flexibility index (Phi) is 3.47. The fourth-order valence-electron chi connectivity index (χ4n) is 1.17. The average molecular weight is 301 g/mol. The molecule has 1 N–H and O–H groups in total. The molecule has 1 aromatic carbocycles. The molecule has 0 heterocycles. The fraction of sp³-hybridized carbons (Fsp3) is 0.200. The SMILES string of the molecule is Cc1ccc(C#N)c(I)c1CC(=O)O. The van der Waals surface area contributed by atoms with Crippen LogP contribution in [0.3, 0.4) is 0 Å². The summed E-state index contributed by atoms with van der Waals surface area (Å²) in [6, 6.07) is 5.52. The molecule has 0 saturated carbocycles. The smallest absolute Gasteiger partial charge is 0.307 e. The molecule has 0 unspecified atom stereocenters. The molecule has 0 bridgehead atoms. The van der Waals surface area contributed by atoms with Gasteiger partial charge in [0.05, 0.1) is 12.0 Å². The summed E-state index contributed by atoms with van der Waals surface area (Å²) in [5.41, 5.74) is 2.18. The van der Waals surface area contributed by atoms with Crippen LogP contribution in [0.2, 0.25) is 0 Å². The van der Waals surface area contributed by atoms with Gasteiger partial charge in [0.1, 0.15) is 6.07 Å². The van der Waals surface area contributed by atoms with E-state index in [0.29, 0.717) is 5.56 Å². The van der Waals surface area contributed by atoms with Crippen LogP contribution in [-0.4, -0.2) is 11.1 Å². The van der Waals surface area contributed by atoms with Crippen molar-refractivity contribution in [3.8, 4) is 6.07 Å². The minimum atomic E-state index is -0.874. The van der Waals surface area contributed by atoms with Gasteiger partial charge < -0.3 is 5.11 Å². The lowest BCUT2D eigenvalue weighted by Crippen LogP contribution is -2.05. The molecule has 0 fully saturated rings. The molecule has 0 aliphatic heterocycles. The van der Waals surface area contributed by atoms with Gasteiger partial charge in [0.2, 0.25) is 0 Å². The second-order valence-corrected chi connectivity index (χ2v) is 3.98. The quantitative estimate of drug-likeness (QED) is 0.851. The molecule has 0 aromatic heterocycles. The summed E-state index contributed by atoms with van der Waals surface area (Å²) in [6.45, 7) is 1.85. The molecule has 0 spiro atoms. The zero-order valence-corrected chi connectivity index (χ0v) is 9.70. The molecule has 0 aliphatic carbocycles. The Hall–Kier alpha value is -1.09. The van der Waals surface area contributed by atoms with E-state index in [4.69, 9.17) is 10.4 Å². The van der Waals surface area contributed by atoms with Crippen LogP contribution >= 0.6 is 22.6 Å². The first kappa shape index (κ1) is 11.0. The van der Waals surface area contributed by atoms with Gasteiger partial charge in [-0.1, -0.05) is 6.07 Å². The molecule has 3 nitrogen and oxygen atoms in total. The molecule has 0 aliphatic rings. The maximum Gasteiger partial charge on any atom is 0.307 e. The van der Waals surface area contributed by atoms with Crippen molar-refractivity contribution in [1.29, 1.82) is 5.26 Å². The standard InChI is InChI=1S/C10H8INO2/c1-6-2-3-7(5-12)10(11)8(6)4-9(13)14/h2-3H,4H2,1H3,(H,13,14). The monoisotopic (exact) mass is 301 g/mol. The van der Waals surface area contributed by atoms with Crippen LogP contribution in [0.5, 0.6) is 0 Å². The summed E-state index contributed by atoms with van der Waals surface area (Å²) in [5.74, 6) is -0.874. The summed E-state index contributed by atoms with van der Waals surface area (Å²) in [6.07, 6.45) is -0.0281. The summed E-state index contributed by atoms with van der Waals surface area (Å²) in [7, 11) is 0. The number of halogens is 1. The van der Waals surface area contributed by atoms with Crippen LogP contribution < -0.4 is 0 Å². The third-order valence-corrected chi connectivity index (χ3v) is 3.16. The maximum atomic E-state index is 10.6. The first-order chi connectivity index (χ1) is 6.56. The van der Waals surface area contributed by atoms with Crippen molar-refractivity contribution in [2.75, 3.05) is 0 Å². The van der Waals surface area contributed by atoms with E-state index in [9.17, 15) is 4.79 Å². The van der Waals surface area contributed by atoms with E-state index in [1.54, 1.807) is 12.1 Å². The molecule has 1 rings (SSSR count). The number of hydrogen-bond acceptors (Lipinski definition) is 2. The molecule has 0 saturated heterocycles. The molecule has 14 heavy (non-hydrogen) atoms. The number of carboxylic acids is 1. The highest BCUT2D eigenvalue weighted by Gasteiger charge is 2.11. The number of aryl methyl sites for hydroxylation is 1. The van der Waals surface area contributed by atoms with Crippen molar-refractivity contribution < 1.29 is 9.90 Å². The van der Waals surface area contributed by atoms with E-state index in [1.165, 1.54) is 0 Å². The van der Waals surface area contributed by atoms with Crippen LogP contribution in [0.25, 0.3) is 0 Å². The Morgan fingerprint density at radius 2 is 2.29 bits per heavy atom. The third-order valence-electron chi connectivity index (χ3n) is 1.93. The van der Waals surface area contributed by atoms with Crippen molar-refractivity contribution in [3.63, 3.8) is 0 Å². The Morgan fingerprint density at radius 3 is 2.79 bits per heavy atom. The zero-order valence-electron chi connectivity index (χ0n) is 7.54. The van der Waals surface area contributed by atoms with Gasteiger partial charge in [-0.05, 0) is 46.7 Å². The van der Waals surface area contributed by atoms with Crippen molar-refractivity contribution in [2.24, 2.45) is 0 Å². The molecule has 0 amide bonds. The van der Waals surface area contributed by atoms with Crippen molar-refractivity contribution in [2.45, 2.75) is 13.3 Å². The maximum absolute atomic E-state index is 10.6. The number of nitrogens with zero attached hydrogens (tertiary/aromatic N) is 1. The van der Waals surface area contributed by atoms with Gasteiger partial charge >= 0.3 is 5.97 Å². The van der Waals surface area contributed by atoms with Gasteiger partial charge in [-0.25, -0.2) is 0 Å². The van der Waals surface area contributed by atoms with E-state index in [-0.39, 0.29) is 6.42 Å². The normalized spacial score (nSPS) is 9.50. The van der Waals surface area contributed by atoms with Gasteiger partial charge in [0.25, 0.3) is 0 Å². The largest absolute Gasteiger partial charge is 0.481 e. The number of hydrogen-bond donors (Lipinski definition) is 1. The Balaban J connectivity index is 3.27. The lowest BCUT2D eigenvalue weighted by Gasteiger charge is -2.06. The van der Waals surface area contributed by atoms with Crippen molar-refractivity contribution in [3.05, 3.63) is 32.4 Å². The minimum absolute atomic E-state index is 0.0281. The highest BCUT2D eigenvalue weighted by atomic mass is 127. The fourth-order valence-corrected chi connectivity index (χ4v) is 2.09. The van der Waals surface area contributed by atoms with Crippen molar-refractivity contribution >= 4 is 28.6 Å². The van der Waals surface area contributed by atoms with Gasteiger partial charge in [0, 0.05) is 3.57 Å². The topological polar surface area (TPSA) is 61.1 Å². The number of rotatable bonds is 2. The summed E-state index contributed by atoms with van der Waals surface area (Å²) >= 11 is 2.01. The predicted octanol–water partition coefficient (Wildman–Crippen LogP) is 2.10. The van der Waals surface area contributed by atoms with Gasteiger partial charge in [-0.3, -0.25) is 4.79 Å². The Bertz CT molecular complexity index is 421. The lowest BCUT2D eigenvalue weighted by atomic mass is 10.0. The van der Waals surface area contributed by atoms with Crippen LogP contribution in [0, 0.1) is 21.8 Å². The number of carbonyl (C=O) groups is 1. The molecular weight excluding hydrogens is 293 g/mol. The van der Waals surface area contributed by atoms with E-state index < -0.39 is 5.97 Å². The Labute approximate surface area is 95.5 Å². The molecule has 0 atom stereocenters. The van der Waals surface area contributed by atoms with Crippen LogP contribution in [0.1, 0.15) is 16.7 Å². The number of carboxylic acid groups (broad SMARTS) is 1. The first-order valence-electron chi connectivity index (χ1n) is 3.96. The predicted molar refractivity (Wildman–Crippen MR) is 60.0 cm³/mol. The number of nitriles is 1. The van der Waals surface area contributed by atoms with E-state index in [0.717, 1.165) is 14.7 Å². The lowest BCUT2D eigenvalue weighted by molar-refractivity contribution is -0.136. The second kappa shape index (κ2) is 4.42. The first-order valence-corrected chi connectivity index (χ1v) is 5.04. The minimum Gasteiger partial charge on any atom is -0.481 e. The van der Waals surface area contributed by atoms with Gasteiger partial charge in [-0.2, -0.15) is 5.26 Å². The third kappa shape index (κ3) is 2.23. The van der Waals surface area contributed by atoms with Crippen LogP contribution in [0.4, 0.5) is 0 Å². The van der Waals surface area contributed by atoms with Crippen LogP contribution in [0.15, 0.2) is 12.1 Å². The molecule has 72 valence electrons. The van der Waals surface area contributed by atoms with Gasteiger partial charge in [0.15, 0.2) is 0 Å². The van der Waals surface area contributed by atoms with E-state index in [1.807, 2.05) is 35.6 Å². The highest BCUT2D eigenvalue weighted by molar-refractivity contribution is 14.1. The van der Waals surface area contributed by atoms with Crippen LogP contribution in [-0.2, 0) is 11.2 Å². The number of benzene rings is 1. The molecule has 1 aromatic rings. The summed E-state index contributed by atoms with van der Waals surface area (Å²) in [4.78, 5) is 10.6. The van der Waals surface area contributed by atoms with E-state index in [2.05, 4.69) is 0 Å². The molecule has 4 heteroatoms. The second-order valence-electron chi connectivity index (χ2n) is 2.90. The molecular formula is C10H8INO2. The highest BCUT2D eigenvalue weighted by Crippen LogP contribution is 2.21. The van der Waals surface area contributed by atoms with Gasteiger partial charge in [-0.15, -0.1) is 0 Å². The molecule has 0 radical (unpaired) electrons.